The molecule has 3 heterocycles. The van der Waals surface area contributed by atoms with Crippen LogP contribution < -0.4 is 10.6 Å². The zero-order chi connectivity index (χ0) is 19.4. The van der Waals surface area contributed by atoms with Gasteiger partial charge < -0.3 is 10.6 Å². The van der Waals surface area contributed by atoms with Gasteiger partial charge in [-0.15, -0.1) is 11.3 Å². The lowest BCUT2D eigenvalue weighted by atomic mass is 9.93. The number of carbonyl (C=O) groups excluding carboxylic acids is 3. The summed E-state index contributed by atoms with van der Waals surface area (Å²) in [6, 6.07) is 3.78. The molecule has 1 aromatic rings. The third-order valence-corrected chi connectivity index (χ3v) is 6.67. The number of urea groups is 1. The second-order valence-corrected chi connectivity index (χ2v) is 8.17. The first-order valence-electron chi connectivity index (χ1n) is 9.69. The molecule has 2 fully saturated rings. The van der Waals surface area contributed by atoms with Crippen molar-refractivity contribution in [1.29, 1.82) is 0 Å². The van der Waals surface area contributed by atoms with Gasteiger partial charge in [0, 0.05) is 11.4 Å². The molecular weight excluding hydrogens is 364 g/mol. The smallest absolute Gasteiger partial charge is 0.325 e. The summed E-state index contributed by atoms with van der Waals surface area (Å²) >= 11 is 1.69. The fourth-order valence-corrected chi connectivity index (χ4v) is 4.76. The number of hydrogen-bond donors (Lipinski definition) is 2. The second-order valence-electron chi connectivity index (χ2n) is 7.19. The van der Waals surface area contributed by atoms with Gasteiger partial charge in [-0.25, -0.2) is 4.79 Å². The highest BCUT2D eigenvalue weighted by molar-refractivity contribution is 7.10. The molecule has 2 saturated heterocycles. The van der Waals surface area contributed by atoms with E-state index in [0.29, 0.717) is 19.4 Å². The molecule has 0 radical (unpaired) electrons. The molecule has 0 spiro atoms. The number of likely N-dealkylation sites (tertiary alicyclic amines) is 1. The second kappa shape index (κ2) is 8.39. The molecule has 7 nitrogen and oxygen atoms in total. The Morgan fingerprint density at radius 3 is 2.56 bits per heavy atom. The van der Waals surface area contributed by atoms with Crippen molar-refractivity contribution in [1.82, 2.24) is 20.4 Å². The molecule has 0 aromatic carbocycles. The minimum Gasteiger partial charge on any atom is -0.353 e. The van der Waals surface area contributed by atoms with Gasteiger partial charge in [0.05, 0.1) is 6.04 Å². The molecule has 27 heavy (non-hydrogen) atoms. The molecule has 8 heteroatoms. The monoisotopic (exact) mass is 392 g/mol. The number of hydrogen-bond acceptors (Lipinski definition) is 5. The van der Waals surface area contributed by atoms with E-state index in [9.17, 15) is 14.4 Å². The Morgan fingerprint density at radius 1 is 1.30 bits per heavy atom. The van der Waals surface area contributed by atoms with Crippen LogP contribution in [0.3, 0.4) is 0 Å². The van der Waals surface area contributed by atoms with E-state index in [0.717, 1.165) is 18.0 Å². The number of nitrogens with zero attached hydrogens (tertiary/aromatic N) is 2. The minimum absolute atomic E-state index is 0.143. The summed E-state index contributed by atoms with van der Waals surface area (Å²) < 4.78 is 0. The van der Waals surface area contributed by atoms with Gasteiger partial charge in [-0.05, 0) is 50.2 Å². The molecule has 0 saturated carbocycles. The quantitative estimate of drug-likeness (QED) is 0.664. The maximum absolute atomic E-state index is 12.6. The van der Waals surface area contributed by atoms with Gasteiger partial charge in [0.1, 0.15) is 12.1 Å². The Labute approximate surface area is 164 Å². The van der Waals surface area contributed by atoms with Crippen molar-refractivity contribution in [2.24, 2.45) is 0 Å². The van der Waals surface area contributed by atoms with Gasteiger partial charge in [-0.3, -0.25) is 19.4 Å². The first-order chi connectivity index (χ1) is 13.0. The van der Waals surface area contributed by atoms with E-state index in [4.69, 9.17) is 0 Å². The summed E-state index contributed by atoms with van der Waals surface area (Å²) in [5.74, 6) is -0.607. The maximum atomic E-state index is 12.6. The van der Waals surface area contributed by atoms with Crippen LogP contribution in [0.5, 0.6) is 0 Å². The molecule has 0 aliphatic carbocycles. The van der Waals surface area contributed by atoms with Crippen molar-refractivity contribution >= 4 is 29.2 Å². The summed E-state index contributed by atoms with van der Waals surface area (Å²) in [7, 11) is 0. The molecule has 3 rings (SSSR count). The van der Waals surface area contributed by atoms with E-state index < -0.39 is 11.6 Å². The van der Waals surface area contributed by atoms with Gasteiger partial charge in [0.2, 0.25) is 5.91 Å². The van der Waals surface area contributed by atoms with Gasteiger partial charge in [0.25, 0.3) is 5.91 Å². The van der Waals surface area contributed by atoms with Crippen molar-refractivity contribution in [2.45, 2.75) is 51.1 Å². The molecule has 2 aliphatic rings. The Morgan fingerprint density at radius 2 is 2.00 bits per heavy atom. The molecule has 1 unspecified atom stereocenters. The zero-order valence-electron chi connectivity index (χ0n) is 16.0. The predicted octanol–water partition coefficient (Wildman–Crippen LogP) is 2.11. The zero-order valence-corrected chi connectivity index (χ0v) is 16.8. The van der Waals surface area contributed by atoms with E-state index in [-0.39, 0.29) is 24.4 Å². The average molecular weight is 393 g/mol. The van der Waals surface area contributed by atoms with Crippen LogP contribution in [0.1, 0.15) is 50.4 Å². The van der Waals surface area contributed by atoms with Crippen LogP contribution in [-0.4, -0.2) is 59.4 Å². The highest BCUT2D eigenvalue weighted by Gasteiger charge is 2.49. The third kappa shape index (κ3) is 4.01. The van der Waals surface area contributed by atoms with Crippen LogP contribution in [-0.2, 0) is 9.59 Å². The molecule has 1 atom stereocenters. The number of carbonyl (C=O) groups is 3. The van der Waals surface area contributed by atoms with Crippen molar-refractivity contribution in [2.75, 3.05) is 26.2 Å². The number of thiophene rings is 1. The molecule has 2 N–H and O–H groups in total. The van der Waals surface area contributed by atoms with Gasteiger partial charge in [-0.2, -0.15) is 0 Å². The fourth-order valence-electron chi connectivity index (χ4n) is 3.90. The van der Waals surface area contributed by atoms with Crippen LogP contribution in [0.4, 0.5) is 4.79 Å². The average Bonchev–Trinajstić information content (AvgIpc) is 3.41. The molecular formula is C19H28N4O3S. The lowest BCUT2D eigenvalue weighted by Gasteiger charge is -2.27. The Hall–Kier alpha value is -1.93. The van der Waals surface area contributed by atoms with Gasteiger partial charge in [-0.1, -0.05) is 19.9 Å². The van der Waals surface area contributed by atoms with Gasteiger partial charge >= 0.3 is 6.03 Å². The number of nitrogens with one attached hydrogen (secondary N) is 2. The van der Waals surface area contributed by atoms with E-state index in [2.05, 4.69) is 21.6 Å². The van der Waals surface area contributed by atoms with Crippen LogP contribution in [0.25, 0.3) is 0 Å². The molecule has 2 aliphatic heterocycles. The van der Waals surface area contributed by atoms with Crippen LogP contribution in [0.2, 0.25) is 0 Å². The lowest BCUT2D eigenvalue weighted by molar-refractivity contribution is -0.135. The van der Waals surface area contributed by atoms with E-state index in [1.165, 1.54) is 17.7 Å². The normalized spacial score (nSPS) is 20.7. The van der Waals surface area contributed by atoms with Crippen molar-refractivity contribution in [3.63, 3.8) is 0 Å². The highest BCUT2D eigenvalue weighted by Crippen LogP contribution is 2.28. The number of rotatable bonds is 8. The first-order valence-corrected chi connectivity index (χ1v) is 10.6. The standard InChI is InChI=1S/C19H28N4O3S/c1-3-19(4-2)17(25)23(18(26)21-19)13-16(24)20-12-14(15-8-7-11-27-15)22-9-5-6-10-22/h7-8,11,14H,3-6,9-10,12-13H2,1-2H3,(H,20,24)(H,21,26). The fraction of sp³-hybridized carbons (Fsp3) is 0.632. The molecule has 0 bridgehead atoms. The van der Waals surface area contributed by atoms with Crippen LogP contribution in [0.15, 0.2) is 17.5 Å². The van der Waals surface area contributed by atoms with Gasteiger partial charge in [0.15, 0.2) is 0 Å². The summed E-state index contributed by atoms with van der Waals surface area (Å²) in [6.45, 7) is 6.04. The molecule has 148 valence electrons. The van der Waals surface area contributed by atoms with Crippen LogP contribution >= 0.6 is 11.3 Å². The minimum atomic E-state index is -0.869. The largest absolute Gasteiger partial charge is 0.353 e. The number of amides is 4. The maximum Gasteiger partial charge on any atom is 0.325 e. The topological polar surface area (TPSA) is 81.8 Å². The first kappa shape index (κ1) is 19.8. The number of imide groups is 1. The van der Waals surface area contributed by atoms with Crippen molar-refractivity contribution < 1.29 is 14.4 Å². The van der Waals surface area contributed by atoms with E-state index in [1.54, 1.807) is 11.3 Å². The molecule has 4 amide bonds. The van der Waals surface area contributed by atoms with E-state index >= 15 is 0 Å². The predicted molar refractivity (Wildman–Crippen MR) is 104 cm³/mol. The summed E-state index contributed by atoms with van der Waals surface area (Å²) in [5, 5.41) is 7.73. The van der Waals surface area contributed by atoms with E-state index in [1.807, 2.05) is 25.3 Å². The SMILES string of the molecule is CCC1(CC)NC(=O)N(CC(=O)NCC(c2cccs2)N2CCCC2)C1=O. The lowest BCUT2D eigenvalue weighted by Crippen LogP contribution is -2.47. The summed E-state index contributed by atoms with van der Waals surface area (Å²) in [5.41, 5.74) is -0.869. The highest BCUT2D eigenvalue weighted by atomic mass is 32.1. The Balaban J connectivity index is 1.60. The van der Waals surface area contributed by atoms with Crippen molar-refractivity contribution in [3.05, 3.63) is 22.4 Å². The Bertz CT molecular complexity index is 681. The third-order valence-electron chi connectivity index (χ3n) is 5.70. The molecule has 1 aromatic heterocycles. The van der Waals surface area contributed by atoms with Crippen LogP contribution in [0, 0.1) is 0 Å². The Kier molecular flexibility index (Phi) is 6.16. The van der Waals surface area contributed by atoms with Crippen molar-refractivity contribution in [3.8, 4) is 0 Å². The summed E-state index contributed by atoms with van der Waals surface area (Å²) in [4.78, 5) is 41.9. The summed E-state index contributed by atoms with van der Waals surface area (Å²) in [6.07, 6.45) is 3.38.